The molecule has 6 nitrogen and oxygen atoms in total. The molecule has 0 bridgehead atoms. The van der Waals surface area contributed by atoms with Gasteiger partial charge < -0.3 is 14.5 Å². The number of amides is 1. The number of benzene rings is 2. The van der Waals surface area contributed by atoms with Gasteiger partial charge in [0.15, 0.2) is 12.4 Å². The first-order chi connectivity index (χ1) is 14.1. The van der Waals surface area contributed by atoms with Crippen LogP contribution in [0.15, 0.2) is 48.5 Å². The largest absolute Gasteiger partial charge is 0.484 e. The third kappa shape index (κ3) is 4.81. The number of carbonyl (C=O) groups is 2. The zero-order valence-electron chi connectivity index (χ0n) is 16.4. The number of piperazine rings is 1. The highest BCUT2D eigenvalue weighted by molar-refractivity contribution is 7.18. The summed E-state index contributed by atoms with van der Waals surface area (Å²) in [5, 5.41) is 1.15. The van der Waals surface area contributed by atoms with Crippen molar-refractivity contribution in [1.29, 1.82) is 0 Å². The summed E-state index contributed by atoms with van der Waals surface area (Å²) >= 11 is 1.75. The van der Waals surface area contributed by atoms with Crippen LogP contribution in [0.25, 0.3) is 10.2 Å². The van der Waals surface area contributed by atoms with Gasteiger partial charge in [-0.15, -0.1) is 11.3 Å². The normalized spacial score (nSPS) is 14.9. The number of fused-ring (bicyclic) bond motifs is 1. The zero-order valence-corrected chi connectivity index (χ0v) is 17.2. The lowest BCUT2D eigenvalue weighted by molar-refractivity contribution is -0.917. The van der Waals surface area contributed by atoms with Crippen molar-refractivity contribution in [1.82, 2.24) is 9.88 Å². The summed E-state index contributed by atoms with van der Waals surface area (Å²) in [5.41, 5.74) is 1.65. The molecule has 0 radical (unpaired) electrons. The molecule has 1 aliphatic rings. The maximum absolute atomic E-state index is 12.5. The standard InChI is InChI=1S/C22H23N3O3S/c1-16(26)17-5-4-6-18(13-17)28-15-22(27)25-11-9-24(10-12-25)14-21-23-19-7-2-3-8-20(19)29-21/h2-8,13H,9-12,14-15H2,1H3/p+1. The van der Waals surface area contributed by atoms with Crippen LogP contribution in [-0.4, -0.2) is 54.4 Å². The number of thiazole rings is 1. The van der Waals surface area contributed by atoms with Gasteiger partial charge in [0.1, 0.15) is 17.3 Å². The molecule has 1 aliphatic heterocycles. The van der Waals surface area contributed by atoms with E-state index in [2.05, 4.69) is 6.07 Å². The Bertz CT molecular complexity index is 992. The minimum Gasteiger partial charge on any atom is -0.484 e. The topological polar surface area (TPSA) is 63.9 Å². The lowest BCUT2D eigenvalue weighted by atomic mass is 10.1. The van der Waals surface area contributed by atoms with E-state index >= 15 is 0 Å². The van der Waals surface area contributed by atoms with Crippen LogP contribution in [0.5, 0.6) is 5.75 Å². The fourth-order valence-corrected chi connectivity index (χ4v) is 4.54. The van der Waals surface area contributed by atoms with Gasteiger partial charge in [-0.05, 0) is 31.2 Å². The van der Waals surface area contributed by atoms with E-state index in [9.17, 15) is 9.59 Å². The lowest BCUT2D eigenvalue weighted by Crippen LogP contribution is -3.13. The number of Topliss-reactive ketones (excluding diaryl/α,β-unsaturated/α-hetero) is 1. The van der Waals surface area contributed by atoms with Crippen LogP contribution in [0.4, 0.5) is 0 Å². The minimum atomic E-state index is -0.0194. The number of para-hydroxylation sites is 1. The molecule has 0 aliphatic carbocycles. The Morgan fingerprint density at radius 3 is 2.69 bits per heavy atom. The Balaban J connectivity index is 1.26. The summed E-state index contributed by atoms with van der Waals surface area (Å²) < 4.78 is 6.83. The lowest BCUT2D eigenvalue weighted by Gasteiger charge is -2.31. The Hall–Kier alpha value is -2.77. The fourth-order valence-electron chi connectivity index (χ4n) is 3.50. The Morgan fingerprint density at radius 2 is 1.93 bits per heavy atom. The Kier molecular flexibility index (Phi) is 5.87. The van der Waals surface area contributed by atoms with E-state index in [1.807, 2.05) is 23.1 Å². The summed E-state index contributed by atoms with van der Waals surface area (Å²) in [4.78, 5) is 32.0. The van der Waals surface area contributed by atoms with E-state index in [1.54, 1.807) is 35.6 Å². The third-order valence-corrected chi connectivity index (χ3v) is 6.20. The van der Waals surface area contributed by atoms with Gasteiger partial charge in [0.25, 0.3) is 5.91 Å². The highest BCUT2D eigenvalue weighted by Gasteiger charge is 2.24. The van der Waals surface area contributed by atoms with Gasteiger partial charge in [-0.1, -0.05) is 24.3 Å². The quantitative estimate of drug-likeness (QED) is 0.630. The predicted molar refractivity (Wildman–Crippen MR) is 113 cm³/mol. The average molecular weight is 411 g/mol. The summed E-state index contributed by atoms with van der Waals surface area (Å²) in [6.07, 6.45) is 0. The van der Waals surface area contributed by atoms with Crippen LogP contribution >= 0.6 is 11.3 Å². The molecule has 1 aromatic heterocycles. The molecular weight excluding hydrogens is 386 g/mol. The molecule has 0 spiro atoms. The van der Waals surface area contributed by atoms with E-state index in [-0.39, 0.29) is 18.3 Å². The number of nitrogens with zero attached hydrogens (tertiary/aromatic N) is 2. The second kappa shape index (κ2) is 8.71. The Labute approximate surface area is 173 Å². The Morgan fingerprint density at radius 1 is 1.14 bits per heavy atom. The molecular formula is C22H24N3O3S+. The molecule has 2 aromatic carbocycles. The molecule has 1 amide bonds. The molecule has 7 heteroatoms. The van der Waals surface area contributed by atoms with Crippen molar-refractivity contribution in [2.24, 2.45) is 0 Å². The van der Waals surface area contributed by atoms with Crippen molar-refractivity contribution in [2.45, 2.75) is 13.5 Å². The van der Waals surface area contributed by atoms with Crippen LogP contribution < -0.4 is 9.64 Å². The first-order valence-electron chi connectivity index (χ1n) is 9.78. The van der Waals surface area contributed by atoms with Crippen LogP contribution in [0.1, 0.15) is 22.3 Å². The van der Waals surface area contributed by atoms with E-state index in [0.717, 1.165) is 43.2 Å². The monoisotopic (exact) mass is 410 g/mol. The maximum Gasteiger partial charge on any atom is 0.260 e. The average Bonchev–Trinajstić information content (AvgIpc) is 3.15. The van der Waals surface area contributed by atoms with E-state index in [0.29, 0.717) is 11.3 Å². The summed E-state index contributed by atoms with van der Waals surface area (Å²) in [5.74, 6) is 0.511. The SMILES string of the molecule is CC(=O)c1cccc(OCC(=O)N2CC[NH+](Cc3nc4ccccc4s3)CC2)c1. The van der Waals surface area contributed by atoms with E-state index in [1.165, 1.54) is 16.5 Å². The summed E-state index contributed by atoms with van der Waals surface area (Å²) in [6.45, 7) is 5.65. The molecule has 1 saturated heterocycles. The molecule has 0 atom stereocenters. The molecule has 1 fully saturated rings. The predicted octanol–water partition coefficient (Wildman–Crippen LogP) is 1.81. The first kappa shape index (κ1) is 19.5. The number of ether oxygens (including phenoxy) is 1. The molecule has 3 aromatic rings. The molecule has 0 unspecified atom stereocenters. The minimum absolute atomic E-state index is 0.00540. The summed E-state index contributed by atoms with van der Waals surface area (Å²) in [6, 6.07) is 15.2. The van der Waals surface area contributed by atoms with Crippen molar-refractivity contribution in [3.05, 3.63) is 59.1 Å². The van der Waals surface area contributed by atoms with E-state index in [4.69, 9.17) is 9.72 Å². The van der Waals surface area contributed by atoms with E-state index < -0.39 is 0 Å². The van der Waals surface area contributed by atoms with Gasteiger partial charge in [0.05, 0.1) is 36.4 Å². The molecule has 29 heavy (non-hydrogen) atoms. The number of quaternary nitrogens is 1. The second-order valence-corrected chi connectivity index (χ2v) is 8.37. The second-order valence-electron chi connectivity index (χ2n) is 7.26. The van der Waals surface area contributed by atoms with Crippen LogP contribution in [0.2, 0.25) is 0 Å². The van der Waals surface area contributed by atoms with Gasteiger partial charge in [-0.2, -0.15) is 0 Å². The zero-order chi connectivity index (χ0) is 20.2. The number of nitrogens with one attached hydrogen (secondary N) is 1. The molecule has 1 N–H and O–H groups in total. The molecule has 150 valence electrons. The van der Waals surface area contributed by atoms with Gasteiger partial charge in [-0.25, -0.2) is 4.98 Å². The molecule has 0 saturated carbocycles. The van der Waals surface area contributed by atoms with Crippen molar-refractivity contribution in [3.8, 4) is 5.75 Å². The number of rotatable bonds is 6. The number of aromatic nitrogens is 1. The van der Waals surface area contributed by atoms with Crippen molar-refractivity contribution >= 4 is 33.2 Å². The van der Waals surface area contributed by atoms with Gasteiger partial charge >= 0.3 is 0 Å². The molecule has 2 heterocycles. The number of carbonyl (C=O) groups excluding carboxylic acids is 2. The van der Waals surface area contributed by atoms with Gasteiger partial charge in [0.2, 0.25) is 0 Å². The van der Waals surface area contributed by atoms with Crippen molar-refractivity contribution < 1.29 is 19.2 Å². The summed E-state index contributed by atoms with van der Waals surface area (Å²) in [7, 11) is 0. The number of ketones is 1. The highest BCUT2D eigenvalue weighted by Crippen LogP contribution is 2.20. The number of hydrogen-bond donors (Lipinski definition) is 1. The van der Waals surface area contributed by atoms with Crippen molar-refractivity contribution in [2.75, 3.05) is 32.8 Å². The van der Waals surface area contributed by atoms with Crippen LogP contribution in [0.3, 0.4) is 0 Å². The first-order valence-corrected chi connectivity index (χ1v) is 10.6. The number of hydrogen-bond acceptors (Lipinski definition) is 5. The smallest absolute Gasteiger partial charge is 0.260 e. The fraction of sp³-hybridized carbons (Fsp3) is 0.318. The maximum atomic E-state index is 12.5. The van der Waals surface area contributed by atoms with Gasteiger partial charge in [-0.3, -0.25) is 9.59 Å². The van der Waals surface area contributed by atoms with Crippen LogP contribution in [-0.2, 0) is 11.3 Å². The van der Waals surface area contributed by atoms with Gasteiger partial charge in [0, 0.05) is 5.56 Å². The van der Waals surface area contributed by atoms with Crippen molar-refractivity contribution in [3.63, 3.8) is 0 Å². The molecule has 4 rings (SSSR count). The third-order valence-electron chi connectivity index (χ3n) is 5.17. The highest BCUT2D eigenvalue weighted by atomic mass is 32.1. The van der Waals surface area contributed by atoms with Crippen LogP contribution in [0, 0.1) is 0 Å².